The number of carboxylic acid groups (broad SMARTS) is 1. The fraction of sp³-hybridized carbons (Fsp3) is 0.562. The van der Waals surface area contributed by atoms with Gasteiger partial charge in [0.1, 0.15) is 0 Å². The molecule has 0 aliphatic carbocycles. The zero-order valence-corrected chi connectivity index (χ0v) is 14.9. The van der Waals surface area contributed by atoms with E-state index in [1.807, 2.05) is 20.8 Å². The molecule has 7 heteroatoms. The van der Waals surface area contributed by atoms with Gasteiger partial charge in [-0.3, -0.25) is 0 Å². The lowest BCUT2D eigenvalue weighted by atomic mass is 10.1. The molecule has 0 amide bonds. The first-order valence-electron chi connectivity index (χ1n) is 7.87. The van der Waals surface area contributed by atoms with Crippen LogP contribution < -0.4 is 10.0 Å². The zero-order valence-electron chi connectivity index (χ0n) is 14.1. The first kappa shape index (κ1) is 19.4. The summed E-state index contributed by atoms with van der Waals surface area (Å²) in [4.78, 5) is 11.4. The number of anilines is 1. The van der Waals surface area contributed by atoms with Crippen molar-refractivity contribution in [2.75, 3.05) is 5.32 Å². The number of rotatable bonds is 9. The standard InChI is InChI=1S/C16H26N2O4S/c1-5-7-12(4)18-23(21,22)13-8-9-15(17-11(3)6-2)14(10-13)16(19)20/h8-12,17-18H,5-7H2,1-4H3,(H,19,20)/t11-,12-/m1/s1. The van der Waals surface area contributed by atoms with Gasteiger partial charge in [-0.1, -0.05) is 20.3 Å². The molecule has 0 aromatic heterocycles. The number of carboxylic acids is 1. The van der Waals surface area contributed by atoms with E-state index in [0.29, 0.717) is 5.69 Å². The van der Waals surface area contributed by atoms with Crippen LogP contribution in [0.2, 0.25) is 0 Å². The van der Waals surface area contributed by atoms with Crippen molar-refractivity contribution in [3.8, 4) is 0 Å². The minimum Gasteiger partial charge on any atom is -0.478 e. The summed E-state index contributed by atoms with van der Waals surface area (Å²) in [6.07, 6.45) is 2.41. The van der Waals surface area contributed by atoms with Crippen LogP contribution in [0.25, 0.3) is 0 Å². The van der Waals surface area contributed by atoms with Crippen molar-refractivity contribution in [2.45, 2.75) is 63.9 Å². The summed E-state index contributed by atoms with van der Waals surface area (Å²) in [5.41, 5.74) is 0.378. The van der Waals surface area contributed by atoms with E-state index in [0.717, 1.165) is 19.3 Å². The highest BCUT2D eigenvalue weighted by Gasteiger charge is 2.21. The smallest absolute Gasteiger partial charge is 0.337 e. The summed E-state index contributed by atoms with van der Waals surface area (Å²) in [7, 11) is -3.73. The van der Waals surface area contributed by atoms with E-state index in [9.17, 15) is 18.3 Å². The van der Waals surface area contributed by atoms with E-state index < -0.39 is 16.0 Å². The van der Waals surface area contributed by atoms with Crippen LogP contribution >= 0.6 is 0 Å². The quantitative estimate of drug-likeness (QED) is 0.641. The largest absolute Gasteiger partial charge is 0.478 e. The van der Waals surface area contributed by atoms with Gasteiger partial charge in [0, 0.05) is 17.8 Å². The number of nitrogens with one attached hydrogen (secondary N) is 2. The lowest BCUT2D eigenvalue weighted by Gasteiger charge is -2.17. The number of aromatic carboxylic acids is 1. The molecule has 130 valence electrons. The van der Waals surface area contributed by atoms with Crippen molar-refractivity contribution in [1.82, 2.24) is 4.72 Å². The van der Waals surface area contributed by atoms with Crippen LogP contribution in [-0.2, 0) is 10.0 Å². The highest BCUT2D eigenvalue weighted by Crippen LogP contribution is 2.22. The molecule has 1 aromatic rings. The van der Waals surface area contributed by atoms with Gasteiger partial charge >= 0.3 is 5.97 Å². The second-order valence-electron chi connectivity index (χ2n) is 5.78. The van der Waals surface area contributed by atoms with Crippen molar-refractivity contribution >= 4 is 21.7 Å². The molecule has 0 aliphatic rings. The van der Waals surface area contributed by atoms with Crippen LogP contribution in [0.15, 0.2) is 23.1 Å². The third-order valence-electron chi connectivity index (χ3n) is 3.62. The molecule has 1 aromatic carbocycles. The van der Waals surface area contributed by atoms with Gasteiger partial charge in [0.05, 0.1) is 10.5 Å². The van der Waals surface area contributed by atoms with E-state index in [1.54, 1.807) is 6.92 Å². The third kappa shape index (κ3) is 5.51. The molecule has 6 nitrogen and oxygen atoms in total. The van der Waals surface area contributed by atoms with Crippen LogP contribution in [0.1, 0.15) is 57.3 Å². The average Bonchev–Trinajstić information content (AvgIpc) is 2.46. The summed E-state index contributed by atoms with van der Waals surface area (Å²) < 4.78 is 27.3. The molecule has 0 fully saturated rings. The van der Waals surface area contributed by atoms with Crippen molar-refractivity contribution < 1.29 is 18.3 Å². The Kier molecular flexibility index (Phi) is 7.02. The van der Waals surface area contributed by atoms with Gasteiger partial charge < -0.3 is 10.4 Å². The molecule has 3 N–H and O–H groups in total. The summed E-state index contributed by atoms with van der Waals surface area (Å²) in [6.45, 7) is 7.68. The summed E-state index contributed by atoms with van der Waals surface area (Å²) in [5.74, 6) is -1.16. The summed E-state index contributed by atoms with van der Waals surface area (Å²) >= 11 is 0. The lowest BCUT2D eigenvalue weighted by Crippen LogP contribution is -2.32. The van der Waals surface area contributed by atoms with Crippen LogP contribution in [0.4, 0.5) is 5.69 Å². The van der Waals surface area contributed by atoms with Gasteiger partial charge in [-0.2, -0.15) is 0 Å². The molecular weight excluding hydrogens is 316 g/mol. The van der Waals surface area contributed by atoms with Gasteiger partial charge in [0.2, 0.25) is 10.0 Å². The maximum absolute atomic E-state index is 12.4. The molecule has 0 spiro atoms. The Morgan fingerprint density at radius 2 is 1.87 bits per heavy atom. The molecule has 0 saturated heterocycles. The molecule has 0 bridgehead atoms. The topological polar surface area (TPSA) is 95.5 Å². The SMILES string of the molecule is CCC[C@@H](C)NS(=O)(=O)c1ccc(N[C@H](C)CC)c(C(=O)O)c1. The Balaban J connectivity index is 3.14. The maximum atomic E-state index is 12.4. The second kappa shape index (κ2) is 8.31. The number of hydrogen-bond donors (Lipinski definition) is 3. The van der Waals surface area contributed by atoms with Crippen molar-refractivity contribution in [3.05, 3.63) is 23.8 Å². The fourth-order valence-electron chi connectivity index (χ4n) is 2.19. The Morgan fingerprint density at radius 1 is 1.22 bits per heavy atom. The predicted molar refractivity (Wildman–Crippen MR) is 91.5 cm³/mol. The molecule has 1 rings (SSSR count). The average molecular weight is 342 g/mol. The summed E-state index contributed by atoms with van der Waals surface area (Å²) in [6, 6.07) is 4.04. The molecule has 0 saturated carbocycles. The molecule has 0 aliphatic heterocycles. The maximum Gasteiger partial charge on any atom is 0.337 e. The third-order valence-corrected chi connectivity index (χ3v) is 5.21. The van der Waals surface area contributed by atoms with E-state index in [2.05, 4.69) is 10.0 Å². The number of hydrogen-bond acceptors (Lipinski definition) is 4. The van der Waals surface area contributed by atoms with Gasteiger partial charge in [-0.05, 0) is 44.9 Å². The van der Waals surface area contributed by atoms with E-state index >= 15 is 0 Å². The first-order valence-corrected chi connectivity index (χ1v) is 9.35. The summed E-state index contributed by atoms with van der Waals surface area (Å²) in [5, 5.41) is 12.4. The molecule has 0 unspecified atom stereocenters. The van der Waals surface area contributed by atoms with E-state index in [1.165, 1.54) is 18.2 Å². The van der Waals surface area contributed by atoms with Crippen LogP contribution in [0.5, 0.6) is 0 Å². The van der Waals surface area contributed by atoms with Crippen molar-refractivity contribution in [3.63, 3.8) is 0 Å². The monoisotopic (exact) mass is 342 g/mol. The van der Waals surface area contributed by atoms with Crippen molar-refractivity contribution in [2.24, 2.45) is 0 Å². The van der Waals surface area contributed by atoms with Crippen molar-refractivity contribution in [1.29, 1.82) is 0 Å². The van der Waals surface area contributed by atoms with E-state index in [-0.39, 0.29) is 22.5 Å². The molecule has 23 heavy (non-hydrogen) atoms. The molecule has 0 radical (unpaired) electrons. The normalized spacial score (nSPS) is 14.3. The number of benzene rings is 1. The minimum atomic E-state index is -3.73. The minimum absolute atomic E-state index is 0.0347. The Bertz CT molecular complexity index is 643. The molecule has 0 heterocycles. The highest BCUT2D eigenvalue weighted by atomic mass is 32.2. The van der Waals surface area contributed by atoms with E-state index in [4.69, 9.17) is 0 Å². The number of carbonyl (C=O) groups is 1. The van der Waals surface area contributed by atoms with Crippen LogP contribution in [-0.4, -0.2) is 31.6 Å². The molecular formula is C16H26N2O4S. The lowest BCUT2D eigenvalue weighted by molar-refractivity contribution is 0.0697. The van der Waals surface area contributed by atoms with Gasteiger partial charge in [0.15, 0.2) is 0 Å². The van der Waals surface area contributed by atoms with Crippen LogP contribution in [0, 0.1) is 0 Å². The highest BCUT2D eigenvalue weighted by molar-refractivity contribution is 7.89. The number of sulfonamides is 1. The second-order valence-corrected chi connectivity index (χ2v) is 7.49. The van der Waals surface area contributed by atoms with Gasteiger partial charge in [0.25, 0.3) is 0 Å². The Hall–Kier alpha value is -1.60. The Labute approximate surface area is 138 Å². The van der Waals surface area contributed by atoms with Gasteiger partial charge in [-0.15, -0.1) is 0 Å². The van der Waals surface area contributed by atoms with Gasteiger partial charge in [-0.25, -0.2) is 17.9 Å². The molecule has 2 atom stereocenters. The van der Waals surface area contributed by atoms with Crippen LogP contribution in [0.3, 0.4) is 0 Å². The fourth-order valence-corrected chi connectivity index (χ4v) is 3.49. The first-order chi connectivity index (χ1) is 10.7. The predicted octanol–water partition coefficient (Wildman–Crippen LogP) is 3.06. The Morgan fingerprint density at radius 3 is 2.39 bits per heavy atom. The zero-order chi connectivity index (χ0) is 17.6.